The highest BCUT2D eigenvalue weighted by Crippen LogP contribution is 1.38. The van der Waals surface area contributed by atoms with Crippen LogP contribution in [0.4, 0.5) is 0 Å². The largest absolute Gasteiger partial charge is 0.106 e. The van der Waals surface area contributed by atoms with Crippen LogP contribution in [0.3, 0.4) is 0 Å². The zero-order chi connectivity index (χ0) is 4.71. The molecule has 0 bridgehead atoms. The molecule has 0 aliphatic carbocycles. The molecule has 0 saturated carbocycles. The van der Waals surface area contributed by atoms with Crippen molar-refractivity contribution in [2.24, 2.45) is 0 Å². The Labute approximate surface area is 33.8 Å². The summed E-state index contributed by atoms with van der Waals surface area (Å²) in [5, 5.41) is 0. The molecule has 0 amide bonds. The highest BCUT2D eigenvalue weighted by atomic mass is 13.2. The van der Waals surface area contributed by atoms with E-state index in [1.165, 1.54) is 0 Å². The van der Waals surface area contributed by atoms with Crippen molar-refractivity contribution in [3.05, 3.63) is 25.8 Å². The minimum atomic E-state index is 1.75. The smallest absolute Gasteiger partial charge is 0.0473 e. The number of hydrogen-bond acceptors (Lipinski definition) is 0. The summed E-state index contributed by atoms with van der Waals surface area (Å²) in [6.45, 7) is 11.2. The van der Waals surface area contributed by atoms with Crippen LogP contribution < -0.4 is 0 Å². The van der Waals surface area contributed by atoms with Crippen molar-refractivity contribution in [3.63, 3.8) is 0 Å². The van der Waals surface area contributed by atoms with Gasteiger partial charge >= 0.3 is 0 Å². The van der Waals surface area contributed by atoms with Gasteiger partial charge in [-0.1, -0.05) is 6.08 Å². The van der Waals surface area contributed by atoms with E-state index in [-0.39, 0.29) is 0 Å². The SMILES string of the molecule is C=C.C=CC. The van der Waals surface area contributed by atoms with Gasteiger partial charge in [-0.05, 0) is 6.92 Å². The lowest BCUT2D eigenvalue weighted by Crippen LogP contribution is -1.07. The Balaban J connectivity index is 0. The molecule has 0 aliphatic heterocycles. The first-order valence-corrected chi connectivity index (χ1v) is 1.49. The summed E-state index contributed by atoms with van der Waals surface area (Å²) < 4.78 is 0. The van der Waals surface area contributed by atoms with Gasteiger partial charge in [-0.2, -0.15) is 0 Å². The normalized spacial score (nSPS) is 3.40. The van der Waals surface area contributed by atoms with Crippen LogP contribution in [0.15, 0.2) is 25.8 Å². The van der Waals surface area contributed by atoms with Gasteiger partial charge in [0.05, 0.1) is 0 Å². The Morgan fingerprint density at radius 1 is 1.40 bits per heavy atom. The fourth-order valence-electron chi connectivity index (χ4n) is 0. The molecule has 0 aliphatic rings. The summed E-state index contributed by atoms with van der Waals surface area (Å²) in [4.78, 5) is 0. The summed E-state index contributed by atoms with van der Waals surface area (Å²) in [6, 6.07) is 0. The van der Waals surface area contributed by atoms with Crippen LogP contribution in [0.2, 0.25) is 0 Å². The molecule has 0 radical (unpaired) electrons. The topological polar surface area (TPSA) is 0 Å². The van der Waals surface area contributed by atoms with Crippen molar-refractivity contribution in [2.45, 2.75) is 6.92 Å². The molecule has 0 rings (SSSR count). The molecule has 0 atom stereocenters. The lowest BCUT2D eigenvalue weighted by Gasteiger charge is -1.31. The summed E-state index contributed by atoms with van der Waals surface area (Å²) in [6.07, 6.45) is 1.75. The molecular weight excluding hydrogens is 60.1 g/mol. The van der Waals surface area contributed by atoms with E-state index in [2.05, 4.69) is 19.7 Å². The zero-order valence-corrected chi connectivity index (χ0v) is 3.70. The van der Waals surface area contributed by atoms with Gasteiger partial charge in [0.15, 0.2) is 0 Å². The van der Waals surface area contributed by atoms with Crippen LogP contribution in [0, 0.1) is 0 Å². The predicted molar refractivity (Wildman–Crippen MR) is 27.1 cm³/mol. The second kappa shape index (κ2) is 92.9. The van der Waals surface area contributed by atoms with Gasteiger partial charge < -0.3 is 0 Å². The molecule has 0 aromatic rings. The van der Waals surface area contributed by atoms with Gasteiger partial charge in [0.25, 0.3) is 0 Å². The van der Waals surface area contributed by atoms with Gasteiger partial charge in [0.2, 0.25) is 0 Å². The molecular formula is C5H10. The monoisotopic (exact) mass is 70.1 g/mol. The fourth-order valence-corrected chi connectivity index (χ4v) is 0. The van der Waals surface area contributed by atoms with E-state index in [1.54, 1.807) is 6.08 Å². The molecule has 0 fully saturated rings. The maximum Gasteiger partial charge on any atom is -0.0473 e. The maximum atomic E-state index is 3.36. The summed E-state index contributed by atoms with van der Waals surface area (Å²) >= 11 is 0. The van der Waals surface area contributed by atoms with Crippen LogP contribution in [0.25, 0.3) is 0 Å². The molecule has 0 heterocycles. The summed E-state index contributed by atoms with van der Waals surface area (Å²) in [7, 11) is 0. The van der Waals surface area contributed by atoms with Crippen molar-refractivity contribution in [2.75, 3.05) is 0 Å². The highest BCUT2D eigenvalue weighted by Gasteiger charge is 1.15. The minimum Gasteiger partial charge on any atom is -0.106 e. The van der Waals surface area contributed by atoms with E-state index in [1.807, 2.05) is 6.92 Å². The molecule has 0 aromatic heterocycles. The summed E-state index contributed by atoms with van der Waals surface area (Å²) in [5.41, 5.74) is 0. The van der Waals surface area contributed by atoms with Gasteiger partial charge in [-0.3, -0.25) is 0 Å². The van der Waals surface area contributed by atoms with E-state index in [0.29, 0.717) is 0 Å². The van der Waals surface area contributed by atoms with E-state index in [0.717, 1.165) is 0 Å². The zero-order valence-electron chi connectivity index (χ0n) is 3.70. The predicted octanol–water partition coefficient (Wildman–Crippen LogP) is 1.99. The first-order chi connectivity index (χ1) is 2.41. The van der Waals surface area contributed by atoms with Gasteiger partial charge in [0, 0.05) is 0 Å². The van der Waals surface area contributed by atoms with Crippen LogP contribution in [0.1, 0.15) is 6.92 Å². The maximum absolute atomic E-state index is 3.36. The first kappa shape index (κ1) is 8.82. The minimum absolute atomic E-state index is 1.75. The van der Waals surface area contributed by atoms with E-state index in [4.69, 9.17) is 0 Å². The second-order valence-corrected chi connectivity index (χ2v) is 0.408. The number of hydrogen-bond donors (Lipinski definition) is 0. The van der Waals surface area contributed by atoms with Crippen LogP contribution in [-0.4, -0.2) is 0 Å². The molecule has 5 heavy (non-hydrogen) atoms. The van der Waals surface area contributed by atoms with E-state index in [9.17, 15) is 0 Å². The Morgan fingerprint density at radius 3 is 1.40 bits per heavy atom. The lowest BCUT2D eigenvalue weighted by molar-refractivity contribution is 1.80. The average molecular weight is 70.1 g/mol. The van der Waals surface area contributed by atoms with Crippen LogP contribution in [-0.2, 0) is 0 Å². The van der Waals surface area contributed by atoms with Crippen molar-refractivity contribution in [1.29, 1.82) is 0 Å². The Hall–Kier alpha value is -0.520. The Bertz CT molecular complexity index is 14.0. The van der Waals surface area contributed by atoms with Crippen molar-refractivity contribution >= 4 is 0 Å². The molecule has 0 nitrogen and oxygen atoms in total. The third-order valence-electron chi connectivity index (χ3n) is 0. The highest BCUT2D eigenvalue weighted by molar-refractivity contribution is 4.51. The molecule has 0 heteroatoms. The third-order valence-corrected chi connectivity index (χ3v) is 0. The van der Waals surface area contributed by atoms with Crippen LogP contribution in [0.5, 0.6) is 0 Å². The van der Waals surface area contributed by atoms with Gasteiger partial charge in [-0.15, -0.1) is 19.7 Å². The first-order valence-electron chi connectivity index (χ1n) is 1.49. The van der Waals surface area contributed by atoms with Crippen LogP contribution >= 0.6 is 0 Å². The van der Waals surface area contributed by atoms with E-state index >= 15 is 0 Å². The Morgan fingerprint density at radius 2 is 1.40 bits per heavy atom. The average Bonchev–Trinajstić information content (AvgIpc) is 1.46. The molecule has 30 valence electrons. The standard InChI is InChI=1S/C3H6.C2H4/c1-3-2;1-2/h3H,1H2,2H3;1-2H2. The molecule has 0 aromatic carbocycles. The van der Waals surface area contributed by atoms with Crippen molar-refractivity contribution < 1.29 is 0 Å². The fraction of sp³-hybridized carbons (Fsp3) is 0.200. The Kier molecular flexibility index (Phi) is 164. The third kappa shape index (κ3) is 28.2. The molecule has 0 unspecified atom stereocenters. The lowest BCUT2D eigenvalue weighted by atomic mass is 10.8. The van der Waals surface area contributed by atoms with Crippen molar-refractivity contribution in [1.82, 2.24) is 0 Å². The second-order valence-electron chi connectivity index (χ2n) is 0.408. The van der Waals surface area contributed by atoms with Gasteiger partial charge in [0.1, 0.15) is 0 Å². The van der Waals surface area contributed by atoms with E-state index < -0.39 is 0 Å². The molecule has 0 saturated heterocycles. The van der Waals surface area contributed by atoms with Crippen molar-refractivity contribution in [3.8, 4) is 0 Å². The summed E-state index contributed by atoms with van der Waals surface area (Å²) in [5.74, 6) is 0. The molecule has 0 spiro atoms. The quantitative estimate of drug-likeness (QED) is 0.382. The molecule has 0 N–H and O–H groups in total. The number of rotatable bonds is 0. The number of allylic oxidation sites excluding steroid dienone is 1. The van der Waals surface area contributed by atoms with Gasteiger partial charge in [-0.25, -0.2) is 0 Å².